The first-order valence-corrected chi connectivity index (χ1v) is 9.39. The van der Waals surface area contributed by atoms with Gasteiger partial charge in [-0.1, -0.05) is 0 Å². The van der Waals surface area contributed by atoms with Crippen LogP contribution in [0.5, 0.6) is 0 Å². The Labute approximate surface area is 154 Å². The number of aromatic nitrogens is 2. The number of amides is 4. The zero-order valence-electron chi connectivity index (χ0n) is 15.6. The Bertz CT molecular complexity index is 611. The summed E-state index contributed by atoms with van der Waals surface area (Å²) >= 11 is 0. The fourth-order valence-electron chi connectivity index (χ4n) is 3.52. The average molecular weight is 360 g/mol. The molecule has 3 rings (SSSR count). The van der Waals surface area contributed by atoms with Gasteiger partial charge in [0.05, 0.1) is 11.7 Å². The van der Waals surface area contributed by atoms with Crippen LogP contribution in [0, 0.1) is 0 Å². The van der Waals surface area contributed by atoms with E-state index < -0.39 is 0 Å². The van der Waals surface area contributed by atoms with E-state index in [2.05, 4.69) is 15.3 Å². The molecular weight excluding hydrogens is 332 g/mol. The van der Waals surface area contributed by atoms with Crippen LogP contribution in [0.4, 0.5) is 9.59 Å². The third kappa shape index (κ3) is 4.23. The Hall–Kier alpha value is -2.38. The van der Waals surface area contributed by atoms with Crippen molar-refractivity contribution >= 4 is 12.1 Å². The molecule has 0 spiro atoms. The van der Waals surface area contributed by atoms with Crippen LogP contribution in [0.2, 0.25) is 0 Å². The van der Waals surface area contributed by atoms with Gasteiger partial charge in [0.1, 0.15) is 6.33 Å². The molecule has 4 amide bonds. The second kappa shape index (κ2) is 8.33. The largest absolute Gasteiger partial charge is 0.335 e. The van der Waals surface area contributed by atoms with Gasteiger partial charge in [-0.15, -0.1) is 0 Å². The number of hydrogen-bond acceptors (Lipinski definition) is 4. The predicted octanol–water partition coefficient (Wildman–Crippen LogP) is 1.86. The maximum atomic E-state index is 12.5. The molecular formula is C18H28N6O2. The Balaban J connectivity index is 1.46. The van der Waals surface area contributed by atoms with E-state index >= 15 is 0 Å². The van der Waals surface area contributed by atoms with Crippen LogP contribution in [0.15, 0.2) is 18.6 Å². The van der Waals surface area contributed by atoms with Crippen molar-refractivity contribution in [2.24, 2.45) is 0 Å². The zero-order valence-corrected chi connectivity index (χ0v) is 15.6. The molecule has 0 saturated carbocycles. The predicted molar refractivity (Wildman–Crippen MR) is 97.5 cm³/mol. The molecule has 2 aliphatic rings. The van der Waals surface area contributed by atoms with E-state index in [1.54, 1.807) is 18.1 Å². The van der Waals surface area contributed by atoms with Gasteiger partial charge in [0.2, 0.25) is 0 Å². The third-order valence-corrected chi connectivity index (χ3v) is 5.40. The van der Waals surface area contributed by atoms with E-state index in [1.165, 1.54) is 6.33 Å². The molecule has 1 aromatic heterocycles. The highest BCUT2D eigenvalue weighted by molar-refractivity contribution is 5.76. The second-order valence-corrected chi connectivity index (χ2v) is 7.11. The minimum absolute atomic E-state index is 0.102. The molecule has 1 atom stereocenters. The van der Waals surface area contributed by atoms with Crippen LogP contribution in [-0.2, 0) is 0 Å². The topological polar surface area (TPSA) is 81.7 Å². The minimum Gasteiger partial charge on any atom is -0.335 e. The van der Waals surface area contributed by atoms with Crippen molar-refractivity contribution in [1.29, 1.82) is 0 Å². The maximum absolute atomic E-state index is 12.5. The van der Waals surface area contributed by atoms with Crippen molar-refractivity contribution in [2.45, 2.75) is 44.7 Å². The Morgan fingerprint density at radius 3 is 2.46 bits per heavy atom. The molecule has 2 saturated heterocycles. The van der Waals surface area contributed by atoms with Gasteiger partial charge >= 0.3 is 12.1 Å². The van der Waals surface area contributed by atoms with Crippen molar-refractivity contribution in [3.8, 4) is 0 Å². The summed E-state index contributed by atoms with van der Waals surface area (Å²) in [6.45, 7) is 5.10. The van der Waals surface area contributed by atoms with Gasteiger partial charge in [-0.2, -0.15) is 0 Å². The number of carbonyl (C=O) groups is 2. The molecule has 8 nitrogen and oxygen atoms in total. The Kier molecular flexibility index (Phi) is 5.90. The van der Waals surface area contributed by atoms with E-state index in [0.29, 0.717) is 13.1 Å². The number of rotatable bonds is 3. The number of hydrogen-bond donors (Lipinski definition) is 1. The highest BCUT2D eigenvalue weighted by atomic mass is 16.2. The summed E-state index contributed by atoms with van der Waals surface area (Å²) < 4.78 is 0. The smallest absolute Gasteiger partial charge is 0.319 e. The van der Waals surface area contributed by atoms with Crippen LogP contribution in [0.25, 0.3) is 0 Å². The lowest BCUT2D eigenvalue weighted by molar-refractivity contribution is 0.142. The number of piperidine rings is 1. The van der Waals surface area contributed by atoms with E-state index in [-0.39, 0.29) is 24.1 Å². The van der Waals surface area contributed by atoms with Crippen LogP contribution in [0.1, 0.15) is 44.3 Å². The quantitative estimate of drug-likeness (QED) is 0.892. The summed E-state index contributed by atoms with van der Waals surface area (Å²) in [4.78, 5) is 38.6. The van der Waals surface area contributed by atoms with Gasteiger partial charge in [0.15, 0.2) is 0 Å². The monoisotopic (exact) mass is 360 g/mol. The van der Waals surface area contributed by atoms with E-state index in [9.17, 15) is 9.59 Å². The molecule has 26 heavy (non-hydrogen) atoms. The molecule has 1 N–H and O–H groups in total. The molecule has 0 bridgehead atoms. The normalized spacial score (nSPS) is 19.3. The molecule has 1 aromatic rings. The molecule has 2 aliphatic heterocycles. The fraction of sp³-hybridized carbons (Fsp3) is 0.667. The highest BCUT2D eigenvalue weighted by Crippen LogP contribution is 2.18. The lowest BCUT2D eigenvalue weighted by atomic mass is 10.1. The molecule has 2 fully saturated rings. The lowest BCUT2D eigenvalue weighted by Gasteiger charge is -2.35. The maximum Gasteiger partial charge on any atom is 0.319 e. The first-order valence-electron chi connectivity index (χ1n) is 9.39. The van der Waals surface area contributed by atoms with E-state index in [0.717, 1.165) is 44.5 Å². The van der Waals surface area contributed by atoms with Gasteiger partial charge < -0.3 is 20.0 Å². The van der Waals surface area contributed by atoms with E-state index in [1.807, 2.05) is 22.8 Å². The standard InChI is InChI=1S/C18H28N6O2/c1-14(16-5-8-19-13-20-16)22(2)17(25)21-15-6-11-24(12-7-15)18(26)23-9-3-4-10-23/h5,8,13-15H,3-4,6-7,9-12H2,1-2H3,(H,21,25)/t14-/m0/s1. The molecule has 0 aliphatic carbocycles. The Morgan fingerprint density at radius 2 is 1.85 bits per heavy atom. The number of likely N-dealkylation sites (tertiary alicyclic amines) is 2. The lowest BCUT2D eigenvalue weighted by Crippen LogP contribution is -2.52. The summed E-state index contributed by atoms with van der Waals surface area (Å²) in [5.74, 6) is 0. The summed E-state index contributed by atoms with van der Waals surface area (Å²) in [5, 5.41) is 3.09. The van der Waals surface area contributed by atoms with Crippen molar-refractivity contribution in [1.82, 2.24) is 30.0 Å². The van der Waals surface area contributed by atoms with Crippen LogP contribution in [-0.4, -0.2) is 76.0 Å². The fourth-order valence-corrected chi connectivity index (χ4v) is 3.52. The van der Waals surface area contributed by atoms with Gasteiger partial charge in [0, 0.05) is 45.5 Å². The number of urea groups is 2. The summed E-state index contributed by atoms with van der Waals surface area (Å²) in [7, 11) is 1.77. The van der Waals surface area contributed by atoms with Gasteiger partial charge in [-0.25, -0.2) is 19.6 Å². The molecule has 3 heterocycles. The molecule has 142 valence electrons. The minimum atomic E-state index is -0.130. The SMILES string of the molecule is C[C@@H](c1ccncn1)N(C)C(=O)NC1CCN(C(=O)N2CCCC2)CC1. The average Bonchev–Trinajstić information content (AvgIpc) is 3.22. The number of nitrogens with one attached hydrogen (secondary N) is 1. The van der Waals surface area contributed by atoms with Crippen LogP contribution >= 0.6 is 0 Å². The first kappa shape index (κ1) is 18.4. The molecule has 8 heteroatoms. The summed E-state index contributed by atoms with van der Waals surface area (Å²) in [6, 6.07) is 1.83. The third-order valence-electron chi connectivity index (χ3n) is 5.40. The van der Waals surface area contributed by atoms with Gasteiger partial charge in [-0.05, 0) is 38.7 Å². The van der Waals surface area contributed by atoms with E-state index in [4.69, 9.17) is 0 Å². The number of nitrogens with zero attached hydrogens (tertiary/aromatic N) is 5. The molecule has 0 radical (unpaired) electrons. The first-order chi connectivity index (χ1) is 12.6. The molecule has 0 unspecified atom stereocenters. The van der Waals surface area contributed by atoms with Crippen molar-refractivity contribution in [3.05, 3.63) is 24.3 Å². The van der Waals surface area contributed by atoms with Gasteiger partial charge in [-0.3, -0.25) is 0 Å². The molecule has 0 aromatic carbocycles. The zero-order chi connectivity index (χ0) is 18.5. The van der Waals surface area contributed by atoms with Crippen LogP contribution in [0.3, 0.4) is 0 Å². The van der Waals surface area contributed by atoms with Gasteiger partial charge in [0.25, 0.3) is 0 Å². The van der Waals surface area contributed by atoms with Crippen molar-refractivity contribution < 1.29 is 9.59 Å². The summed E-state index contributed by atoms with van der Waals surface area (Å²) in [5.41, 5.74) is 0.809. The highest BCUT2D eigenvalue weighted by Gasteiger charge is 2.29. The van der Waals surface area contributed by atoms with Crippen molar-refractivity contribution in [3.63, 3.8) is 0 Å². The Morgan fingerprint density at radius 1 is 1.19 bits per heavy atom. The van der Waals surface area contributed by atoms with Crippen molar-refractivity contribution in [2.75, 3.05) is 33.2 Å². The van der Waals surface area contributed by atoms with Crippen LogP contribution < -0.4 is 5.32 Å². The number of carbonyl (C=O) groups excluding carboxylic acids is 2. The second-order valence-electron chi connectivity index (χ2n) is 7.11. The summed E-state index contributed by atoms with van der Waals surface area (Å²) in [6.07, 6.45) is 6.97.